The number of carbonyl (C=O) groups is 2. The summed E-state index contributed by atoms with van der Waals surface area (Å²) in [6, 6.07) is 20.5. The molecule has 7 heteroatoms. The Balaban J connectivity index is 1.62. The van der Waals surface area contributed by atoms with Crippen molar-refractivity contribution in [2.45, 2.75) is 6.92 Å². The lowest BCUT2D eigenvalue weighted by Crippen LogP contribution is -2.22. The van der Waals surface area contributed by atoms with E-state index in [4.69, 9.17) is 4.74 Å². The molecule has 0 unspecified atom stereocenters. The van der Waals surface area contributed by atoms with E-state index in [2.05, 4.69) is 16.0 Å². The van der Waals surface area contributed by atoms with Crippen LogP contribution >= 0.6 is 0 Å². The highest BCUT2D eigenvalue weighted by atomic mass is 19.1. The molecule has 0 saturated heterocycles. The minimum absolute atomic E-state index is 0.0458. The lowest BCUT2D eigenvalue weighted by molar-refractivity contribution is -0.115. The summed E-state index contributed by atoms with van der Waals surface area (Å²) in [5, 5.41) is 8.09. The van der Waals surface area contributed by atoms with Gasteiger partial charge in [0.1, 0.15) is 11.6 Å². The first-order chi connectivity index (χ1) is 14.0. The van der Waals surface area contributed by atoms with Crippen molar-refractivity contribution in [2.75, 3.05) is 22.5 Å². The van der Waals surface area contributed by atoms with Gasteiger partial charge in [-0.15, -0.1) is 0 Å². The zero-order chi connectivity index (χ0) is 20.6. The highest BCUT2D eigenvalue weighted by Crippen LogP contribution is 2.29. The van der Waals surface area contributed by atoms with Gasteiger partial charge in [-0.25, -0.2) is 4.39 Å². The van der Waals surface area contributed by atoms with Gasteiger partial charge < -0.3 is 20.7 Å². The van der Waals surface area contributed by atoms with Crippen LogP contribution in [0.15, 0.2) is 72.8 Å². The van der Waals surface area contributed by atoms with Gasteiger partial charge in [-0.1, -0.05) is 30.3 Å². The summed E-state index contributed by atoms with van der Waals surface area (Å²) in [5.41, 5.74) is 1.07. The molecular formula is C22H20FN3O3. The predicted molar refractivity (Wildman–Crippen MR) is 111 cm³/mol. The topological polar surface area (TPSA) is 79.5 Å². The third-order valence-corrected chi connectivity index (χ3v) is 3.86. The highest BCUT2D eigenvalue weighted by Gasteiger charge is 2.10. The normalized spacial score (nSPS) is 10.1. The zero-order valence-electron chi connectivity index (χ0n) is 15.7. The van der Waals surface area contributed by atoms with Crippen molar-refractivity contribution in [3.8, 4) is 11.5 Å². The van der Waals surface area contributed by atoms with Crippen LogP contribution in [0.25, 0.3) is 0 Å². The number of nitrogens with one attached hydrogen (secondary N) is 3. The molecule has 29 heavy (non-hydrogen) atoms. The average molecular weight is 393 g/mol. The molecule has 0 heterocycles. The molecule has 0 saturated carbocycles. The van der Waals surface area contributed by atoms with Crippen LogP contribution in [0.2, 0.25) is 0 Å². The first kappa shape index (κ1) is 19.9. The van der Waals surface area contributed by atoms with Crippen molar-refractivity contribution in [3.63, 3.8) is 0 Å². The van der Waals surface area contributed by atoms with Crippen LogP contribution in [0, 0.1) is 5.82 Å². The van der Waals surface area contributed by atoms with E-state index in [9.17, 15) is 14.0 Å². The van der Waals surface area contributed by atoms with E-state index in [0.29, 0.717) is 22.9 Å². The van der Waals surface area contributed by atoms with E-state index in [1.165, 1.54) is 25.1 Å². The summed E-state index contributed by atoms with van der Waals surface area (Å²) in [4.78, 5) is 23.5. The minimum Gasteiger partial charge on any atom is -0.455 e. The van der Waals surface area contributed by atoms with Gasteiger partial charge in [-0.3, -0.25) is 9.59 Å². The van der Waals surface area contributed by atoms with Crippen molar-refractivity contribution in [2.24, 2.45) is 0 Å². The van der Waals surface area contributed by atoms with Gasteiger partial charge in [-0.05, 0) is 42.5 Å². The number of anilines is 3. The number of carbonyl (C=O) groups excluding carboxylic acids is 2. The van der Waals surface area contributed by atoms with Crippen LogP contribution in [0.3, 0.4) is 0 Å². The molecule has 0 aliphatic heterocycles. The summed E-state index contributed by atoms with van der Waals surface area (Å²) in [5.74, 6) is -0.0681. The monoisotopic (exact) mass is 393 g/mol. The van der Waals surface area contributed by atoms with Crippen LogP contribution in [0.4, 0.5) is 21.5 Å². The molecular weight excluding hydrogens is 373 g/mol. The lowest BCUT2D eigenvalue weighted by atomic mass is 10.2. The smallest absolute Gasteiger partial charge is 0.243 e. The summed E-state index contributed by atoms with van der Waals surface area (Å²) in [7, 11) is 0. The van der Waals surface area contributed by atoms with Crippen LogP contribution in [-0.2, 0) is 9.59 Å². The zero-order valence-corrected chi connectivity index (χ0v) is 15.7. The van der Waals surface area contributed by atoms with E-state index in [0.717, 1.165) is 0 Å². The van der Waals surface area contributed by atoms with Crippen LogP contribution < -0.4 is 20.7 Å². The molecule has 0 radical (unpaired) electrons. The Morgan fingerprint density at radius 3 is 2.38 bits per heavy atom. The fourth-order valence-electron chi connectivity index (χ4n) is 2.57. The van der Waals surface area contributed by atoms with Gasteiger partial charge in [-0.2, -0.15) is 0 Å². The molecule has 0 aromatic heterocycles. The van der Waals surface area contributed by atoms with E-state index < -0.39 is 5.82 Å². The standard InChI is InChI=1S/C22H20FN3O3/c1-15(27)25-20-13-16(11-12-18(20)23)24-14-22(28)26-19-9-5-6-10-21(19)29-17-7-3-2-4-8-17/h2-13,24H,14H2,1H3,(H,25,27)(H,26,28). The number of halogens is 1. The molecule has 0 aliphatic rings. The Labute approximate surface area is 167 Å². The van der Waals surface area contributed by atoms with Gasteiger partial charge in [0, 0.05) is 12.6 Å². The number of rotatable bonds is 7. The molecule has 0 bridgehead atoms. The maximum absolute atomic E-state index is 13.7. The third kappa shape index (κ3) is 5.80. The highest BCUT2D eigenvalue weighted by molar-refractivity contribution is 5.95. The largest absolute Gasteiger partial charge is 0.455 e. The van der Waals surface area contributed by atoms with Gasteiger partial charge in [0.2, 0.25) is 11.8 Å². The minimum atomic E-state index is -0.554. The fraction of sp³-hybridized carbons (Fsp3) is 0.0909. The number of amides is 2. The third-order valence-electron chi connectivity index (χ3n) is 3.86. The van der Waals surface area contributed by atoms with Gasteiger partial charge in [0.05, 0.1) is 17.9 Å². The second-order valence-corrected chi connectivity index (χ2v) is 6.19. The van der Waals surface area contributed by atoms with Gasteiger partial charge >= 0.3 is 0 Å². The Kier molecular flexibility index (Phi) is 6.42. The molecule has 148 valence electrons. The van der Waals surface area contributed by atoms with Crippen LogP contribution in [-0.4, -0.2) is 18.4 Å². The molecule has 2 amide bonds. The second kappa shape index (κ2) is 9.36. The van der Waals surface area contributed by atoms with Crippen LogP contribution in [0.1, 0.15) is 6.92 Å². The molecule has 0 spiro atoms. The summed E-state index contributed by atoms with van der Waals surface area (Å²) in [6.07, 6.45) is 0. The predicted octanol–water partition coefficient (Wildman–Crippen LogP) is 4.63. The van der Waals surface area contributed by atoms with Crippen molar-refractivity contribution >= 4 is 28.9 Å². The van der Waals surface area contributed by atoms with Crippen LogP contribution in [0.5, 0.6) is 11.5 Å². The average Bonchev–Trinajstić information content (AvgIpc) is 2.70. The second-order valence-electron chi connectivity index (χ2n) is 6.19. The Morgan fingerprint density at radius 2 is 1.62 bits per heavy atom. The number of hydrogen-bond donors (Lipinski definition) is 3. The number of para-hydroxylation sites is 3. The molecule has 3 rings (SSSR count). The SMILES string of the molecule is CC(=O)Nc1cc(NCC(=O)Nc2ccccc2Oc2ccccc2)ccc1F. The van der Waals surface area contributed by atoms with Crippen molar-refractivity contribution in [1.82, 2.24) is 0 Å². The number of hydrogen-bond acceptors (Lipinski definition) is 4. The number of benzene rings is 3. The van der Waals surface area contributed by atoms with E-state index >= 15 is 0 Å². The first-order valence-electron chi connectivity index (χ1n) is 8.94. The van der Waals surface area contributed by atoms with E-state index in [1.807, 2.05) is 36.4 Å². The van der Waals surface area contributed by atoms with Crippen molar-refractivity contribution in [1.29, 1.82) is 0 Å². The molecule has 0 fully saturated rings. The molecule has 0 aliphatic carbocycles. The summed E-state index contributed by atoms with van der Waals surface area (Å²) < 4.78 is 19.5. The molecule has 3 aromatic carbocycles. The maximum Gasteiger partial charge on any atom is 0.243 e. The molecule has 6 nitrogen and oxygen atoms in total. The number of ether oxygens (including phenoxy) is 1. The molecule has 3 N–H and O–H groups in total. The summed E-state index contributed by atoms with van der Waals surface area (Å²) >= 11 is 0. The molecule has 3 aromatic rings. The van der Waals surface area contributed by atoms with Gasteiger partial charge in [0.25, 0.3) is 0 Å². The van der Waals surface area contributed by atoms with Crippen molar-refractivity contribution in [3.05, 3.63) is 78.6 Å². The van der Waals surface area contributed by atoms with Gasteiger partial charge in [0.15, 0.2) is 5.75 Å². The maximum atomic E-state index is 13.7. The first-order valence-corrected chi connectivity index (χ1v) is 8.94. The molecule has 0 atom stereocenters. The quantitative estimate of drug-likeness (QED) is 0.547. The Morgan fingerprint density at radius 1 is 0.897 bits per heavy atom. The van der Waals surface area contributed by atoms with E-state index in [-0.39, 0.29) is 24.0 Å². The Hall–Kier alpha value is -3.87. The Bertz CT molecular complexity index is 1010. The summed E-state index contributed by atoms with van der Waals surface area (Å²) in [6.45, 7) is 1.24. The van der Waals surface area contributed by atoms with E-state index in [1.54, 1.807) is 18.2 Å². The van der Waals surface area contributed by atoms with Crippen molar-refractivity contribution < 1.29 is 18.7 Å². The fourth-order valence-corrected chi connectivity index (χ4v) is 2.57. The lowest BCUT2D eigenvalue weighted by Gasteiger charge is -2.13.